The molecule has 0 aromatic heterocycles. The second kappa shape index (κ2) is 7.44. The summed E-state index contributed by atoms with van der Waals surface area (Å²) in [6.45, 7) is 0. The van der Waals surface area contributed by atoms with Crippen LogP contribution >= 0.6 is 11.6 Å². The van der Waals surface area contributed by atoms with Crippen LogP contribution in [0, 0.1) is 5.82 Å². The van der Waals surface area contributed by atoms with Gasteiger partial charge in [-0.3, -0.25) is 4.79 Å². The van der Waals surface area contributed by atoms with Gasteiger partial charge in [0.15, 0.2) is 11.6 Å². The van der Waals surface area contributed by atoms with Crippen molar-refractivity contribution in [2.24, 2.45) is 0 Å². The van der Waals surface area contributed by atoms with Crippen molar-refractivity contribution in [2.45, 2.75) is 12.5 Å². The summed E-state index contributed by atoms with van der Waals surface area (Å²) in [5.74, 6) is -0.782. The van der Waals surface area contributed by atoms with Gasteiger partial charge in [-0.05, 0) is 29.8 Å². The fraction of sp³-hybridized carbons (Fsp3) is 0.235. The molecule has 6 heteroatoms. The third-order valence-corrected chi connectivity index (χ3v) is 3.77. The zero-order valence-electron chi connectivity index (χ0n) is 12.8. The van der Waals surface area contributed by atoms with E-state index in [0.717, 1.165) is 0 Å². The Morgan fingerprint density at radius 1 is 1.30 bits per heavy atom. The molecule has 0 saturated carbocycles. The third kappa shape index (κ3) is 4.21. The summed E-state index contributed by atoms with van der Waals surface area (Å²) in [5, 5.41) is 10.7. The molecule has 0 spiro atoms. The topological polar surface area (TPSA) is 49.8 Å². The van der Waals surface area contributed by atoms with Gasteiger partial charge in [-0.25, -0.2) is 4.39 Å². The molecular formula is C17H17ClFNO3. The van der Waals surface area contributed by atoms with Gasteiger partial charge in [0.05, 0.1) is 19.6 Å². The molecule has 23 heavy (non-hydrogen) atoms. The zero-order chi connectivity index (χ0) is 17.0. The van der Waals surface area contributed by atoms with E-state index in [1.807, 2.05) is 0 Å². The van der Waals surface area contributed by atoms with Crippen LogP contribution < -0.4 is 9.64 Å². The number of rotatable bonds is 5. The molecule has 1 N–H and O–H groups in total. The maximum atomic E-state index is 13.7. The molecule has 2 aromatic rings. The molecule has 0 fully saturated rings. The van der Waals surface area contributed by atoms with Crippen LogP contribution in [0.5, 0.6) is 5.75 Å². The molecule has 0 saturated heterocycles. The largest absolute Gasteiger partial charge is 0.494 e. The molecule has 0 heterocycles. The summed E-state index contributed by atoms with van der Waals surface area (Å²) < 4.78 is 18.6. The van der Waals surface area contributed by atoms with Gasteiger partial charge in [0.1, 0.15) is 0 Å². The average molecular weight is 338 g/mol. The Hall–Kier alpha value is -2.11. The van der Waals surface area contributed by atoms with Crippen molar-refractivity contribution in [3.63, 3.8) is 0 Å². The third-order valence-electron chi connectivity index (χ3n) is 3.52. The summed E-state index contributed by atoms with van der Waals surface area (Å²) >= 11 is 5.79. The molecule has 0 unspecified atom stereocenters. The Morgan fingerprint density at radius 2 is 1.96 bits per heavy atom. The summed E-state index contributed by atoms with van der Waals surface area (Å²) in [6.07, 6.45) is -1.07. The van der Waals surface area contributed by atoms with Gasteiger partial charge in [0, 0.05) is 23.8 Å². The van der Waals surface area contributed by atoms with Crippen LogP contribution in [0.2, 0.25) is 5.02 Å². The van der Waals surface area contributed by atoms with Crippen LogP contribution in [0.25, 0.3) is 0 Å². The number of hydrogen-bond acceptors (Lipinski definition) is 3. The normalized spacial score (nSPS) is 11.9. The first-order valence-corrected chi connectivity index (χ1v) is 7.33. The van der Waals surface area contributed by atoms with Crippen LogP contribution in [0.3, 0.4) is 0 Å². The number of benzene rings is 2. The van der Waals surface area contributed by atoms with Crippen molar-refractivity contribution in [2.75, 3.05) is 19.1 Å². The van der Waals surface area contributed by atoms with Gasteiger partial charge in [-0.1, -0.05) is 23.7 Å². The predicted molar refractivity (Wildman–Crippen MR) is 87.4 cm³/mol. The number of ether oxygens (including phenoxy) is 1. The molecule has 0 radical (unpaired) electrons. The van der Waals surface area contributed by atoms with E-state index in [1.54, 1.807) is 30.3 Å². The predicted octanol–water partition coefficient (Wildman–Crippen LogP) is 3.57. The molecule has 0 aliphatic carbocycles. The van der Waals surface area contributed by atoms with E-state index in [0.29, 0.717) is 16.3 Å². The Morgan fingerprint density at radius 3 is 2.52 bits per heavy atom. The first-order chi connectivity index (χ1) is 10.9. The first kappa shape index (κ1) is 17.2. The van der Waals surface area contributed by atoms with E-state index >= 15 is 0 Å². The number of amides is 1. The number of aliphatic hydroxyl groups excluding tert-OH is 1. The minimum atomic E-state index is -0.953. The number of nitrogens with zero attached hydrogens (tertiary/aromatic N) is 1. The monoisotopic (exact) mass is 337 g/mol. The Bertz CT molecular complexity index is 691. The average Bonchev–Trinajstić information content (AvgIpc) is 2.54. The number of methoxy groups -OCH3 is 1. The number of carbonyl (C=O) groups is 1. The minimum Gasteiger partial charge on any atom is -0.494 e. The van der Waals surface area contributed by atoms with Crippen molar-refractivity contribution in [1.29, 1.82) is 0 Å². The van der Waals surface area contributed by atoms with Gasteiger partial charge >= 0.3 is 0 Å². The lowest BCUT2D eigenvalue weighted by molar-refractivity contribution is -0.120. The lowest BCUT2D eigenvalue weighted by Crippen LogP contribution is -2.27. The molecule has 2 aromatic carbocycles. The SMILES string of the molecule is COc1ccc(N(C)C(=O)C[C@H](O)c2ccc(Cl)cc2)cc1F. The molecule has 1 atom stereocenters. The smallest absolute Gasteiger partial charge is 0.229 e. The molecule has 4 nitrogen and oxygen atoms in total. The highest BCUT2D eigenvalue weighted by molar-refractivity contribution is 6.30. The molecule has 0 aliphatic heterocycles. The highest BCUT2D eigenvalue weighted by Crippen LogP contribution is 2.25. The number of halogens is 2. The van der Waals surface area contributed by atoms with E-state index in [-0.39, 0.29) is 18.1 Å². The zero-order valence-corrected chi connectivity index (χ0v) is 13.5. The highest BCUT2D eigenvalue weighted by atomic mass is 35.5. The number of aliphatic hydroxyl groups is 1. The summed E-state index contributed by atoms with van der Waals surface area (Å²) in [7, 11) is 2.90. The lowest BCUT2D eigenvalue weighted by Gasteiger charge is -2.20. The van der Waals surface area contributed by atoms with Crippen molar-refractivity contribution < 1.29 is 19.0 Å². The Labute approximate surface area is 139 Å². The van der Waals surface area contributed by atoms with Crippen LogP contribution in [0.15, 0.2) is 42.5 Å². The number of anilines is 1. The standard InChI is InChI=1S/C17H17ClFNO3/c1-20(13-7-8-16(23-2)14(19)9-13)17(22)10-15(21)11-3-5-12(18)6-4-11/h3-9,15,21H,10H2,1-2H3/t15-/m0/s1. The van der Waals surface area contributed by atoms with Crippen molar-refractivity contribution >= 4 is 23.2 Å². The van der Waals surface area contributed by atoms with Gasteiger partial charge in [0.2, 0.25) is 5.91 Å². The second-order valence-corrected chi connectivity index (χ2v) is 5.48. The molecule has 0 bridgehead atoms. The van der Waals surface area contributed by atoms with Crippen LogP contribution in [-0.2, 0) is 4.79 Å². The number of carbonyl (C=O) groups excluding carboxylic acids is 1. The van der Waals surface area contributed by atoms with Crippen molar-refractivity contribution in [3.8, 4) is 5.75 Å². The van der Waals surface area contributed by atoms with Gasteiger partial charge in [0.25, 0.3) is 0 Å². The second-order valence-electron chi connectivity index (χ2n) is 5.04. The fourth-order valence-corrected chi connectivity index (χ4v) is 2.24. The van der Waals surface area contributed by atoms with Crippen LogP contribution in [0.4, 0.5) is 10.1 Å². The Kier molecular flexibility index (Phi) is 5.58. The number of hydrogen-bond donors (Lipinski definition) is 1. The molecule has 0 aliphatic rings. The lowest BCUT2D eigenvalue weighted by atomic mass is 10.1. The quantitative estimate of drug-likeness (QED) is 0.907. The van der Waals surface area contributed by atoms with E-state index < -0.39 is 11.9 Å². The molecular weight excluding hydrogens is 321 g/mol. The van der Waals surface area contributed by atoms with Crippen LogP contribution in [0.1, 0.15) is 18.1 Å². The van der Waals surface area contributed by atoms with E-state index in [2.05, 4.69) is 0 Å². The first-order valence-electron chi connectivity index (χ1n) is 6.96. The molecule has 2 rings (SSSR count). The summed E-state index contributed by atoms with van der Waals surface area (Å²) in [4.78, 5) is 13.5. The molecule has 1 amide bonds. The maximum Gasteiger partial charge on any atom is 0.229 e. The van der Waals surface area contributed by atoms with E-state index in [9.17, 15) is 14.3 Å². The van der Waals surface area contributed by atoms with Gasteiger partial charge < -0.3 is 14.7 Å². The van der Waals surface area contributed by atoms with Gasteiger partial charge in [-0.15, -0.1) is 0 Å². The van der Waals surface area contributed by atoms with Crippen molar-refractivity contribution in [3.05, 3.63) is 58.9 Å². The van der Waals surface area contributed by atoms with Crippen LogP contribution in [-0.4, -0.2) is 25.2 Å². The highest BCUT2D eigenvalue weighted by Gasteiger charge is 2.18. The minimum absolute atomic E-state index is 0.107. The van der Waals surface area contributed by atoms with Gasteiger partial charge in [-0.2, -0.15) is 0 Å². The molecule has 122 valence electrons. The Balaban J connectivity index is 2.07. The summed E-state index contributed by atoms with van der Waals surface area (Å²) in [6, 6.07) is 10.9. The summed E-state index contributed by atoms with van der Waals surface area (Å²) in [5.41, 5.74) is 0.980. The van der Waals surface area contributed by atoms with E-state index in [4.69, 9.17) is 16.3 Å². The fourth-order valence-electron chi connectivity index (χ4n) is 2.11. The van der Waals surface area contributed by atoms with E-state index in [1.165, 1.54) is 31.2 Å². The van der Waals surface area contributed by atoms with Crippen molar-refractivity contribution in [1.82, 2.24) is 0 Å². The maximum absolute atomic E-state index is 13.7.